The van der Waals surface area contributed by atoms with Crippen molar-refractivity contribution in [1.82, 2.24) is 4.98 Å². The average Bonchev–Trinajstić information content (AvgIpc) is 3.14. The third-order valence-electron chi connectivity index (χ3n) is 4.97. The molecule has 0 unspecified atom stereocenters. The standard InChI is InChI=1S/C20H23NO4S/c1-10-17(12(3)22)11(2)21-18(10)19(23)13(4)25-20(24)15-9-26-16-8-6-5-7-14(15)16/h9,13,21H,5-8H2,1-4H3/t13-/m0/s1. The van der Waals surface area contributed by atoms with Crippen LogP contribution < -0.4 is 0 Å². The first-order valence-electron chi connectivity index (χ1n) is 8.85. The molecule has 2 aromatic rings. The van der Waals surface area contributed by atoms with Crippen molar-refractivity contribution in [3.63, 3.8) is 0 Å². The monoisotopic (exact) mass is 373 g/mol. The number of carbonyl (C=O) groups excluding carboxylic acids is 3. The number of fused-ring (bicyclic) bond motifs is 1. The van der Waals surface area contributed by atoms with Gasteiger partial charge < -0.3 is 9.72 Å². The van der Waals surface area contributed by atoms with Gasteiger partial charge >= 0.3 is 5.97 Å². The molecule has 0 fully saturated rings. The summed E-state index contributed by atoms with van der Waals surface area (Å²) in [7, 11) is 0. The van der Waals surface area contributed by atoms with Crippen molar-refractivity contribution in [2.45, 2.75) is 59.5 Å². The number of aromatic nitrogens is 1. The summed E-state index contributed by atoms with van der Waals surface area (Å²) in [6.07, 6.45) is 3.21. The van der Waals surface area contributed by atoms with Gasteiger partial charge in [0.1, 0.15) is 0 Å². The van der Waals surface area contributed by atoms with E-state index in [9.17, 15) is 14.4 Å². The highest BCUT2D eigenvalue weighted by molar-refractivity contribution is 7.10. The zero-order chi connectivity index (χ0) is 19.0. The van der Waals surface area contributed by atoms with Crippen molar-refractivity contribution in [2.24, 2.45) is 0 Å². The van der Waals surface area contributed by atoms with Gasteiger partial charge in [0, 0.05) is 21.5 Å². The summed E-state index contributed by atoms with van der Waals surface area (Å²) in [5, 5.41) is 1.84. The van der Waals surface area contributed by atoms with Gasteiger partial charge in [-0.25, -0.2) is 4.79 Å². The normalized spacial score (nSPS) is 14.6. The van der Waals surface area contributed by atoms with Crippen molar-refractivity contribution >= 4 is 28.9 Å². The number of carbonyl (C=O) groups is 3. The highest BCUT2D eigenvalue weighted by Crippen LogP contribution is 2.31. The van der Waals surface area contributed by atoms with Gasteiger partial charge in [-0.3, -0.25) is 9.59 Å². The topological polar surface area (TPSA) is 76.2 Å². The van der Waals surface area contributed by atoms with Gasteiger partial charge in [-0.15, -0.1) is 11.3 Å². The van der Waals surface area contributed by atoms with Gasteiger partial charge in [-0.2, -0.15) is 0 Å². The molecule has 0 bridgehead atoms. The maximum absolute atomic E-state index is 12.7. The summed E-state index contributed by atoms with van der Waals surface area (Å²) >= 11 is 1.59. The molecule has 138 valence electrons. The smallest absolute Gasteiger partial charge is 0.339 e. The molecule has 0 saturated carbocycles. The summed E-state index contributed by atoms with van der Waals surface area (Å²) < 4.78 is 5.45. The van der Waals surface area contributed by atoms with E-state index in [1.807, 2.05) is 5.38 Å². The Balaban J connectivity index is 1.78. The van der Waals surface area contributed by atoms with Crippen LogP contribution in [0, 0.1) is 13.8 Å². The number of hydrogen-bond acceptors (Lipinski definition) is 5. The average molecular weight is 373 g/mol. The lowest BCUT2D eigenvalue weighted by Crippen LogP contribution is -2.25. The first-order valence-corrected chi connectivity index (χ1v) is 9.73. The number of H-pyrrole nitrogens is 1. The molecule has 1 aliphatic rings. The molecule has 0 amide bonds. The van der Waals surface area contributed by atoms with E-state index in [1.54, 1.807) is 32.1 Å². The Morgan fingerprint density at radius 3 is 2.54 bits per heavy atom. The van der Waals surface area contributed by atoms with E-state index in [-0.39, 0.29) is 11.6 Å². The molecule has 0 aromatic carbocycles. The summed E-state index contributed by atoms with van der Waals surface area (Å²) in [4.78, 5) is 41.3. The van der Waals surface area contributed by atoms with Crippen LogP contribution >= 0.6 is 11.3 Å². The van der Waals surface area contributed by atoms with Crippen molar-refractivity contribution in [2.75, 3.05) is 0 Å². The predicted octanol–water partition coefficient (Wildman–Crippen LogP) is 4.20. The highest BCUT2D eigenvalue weighted by atomic mass is 32.1. The second-order valence-corrected chi connectivity index (χ2v) is 7.82. The van der Waals surface area contributed by atoms with Crippen LogP contribution in [0.3, 0.4) is 0 Å². The van der Waals surface area contributed by atoms with Gasteiger partial charge in [0.25, 0.3) is 0 Å². The Morgan fingerprint density at radius 2 is 1.88 bits per heavy atom. The molecule has 5 nitrogen and oxygen atoms in total. The molecular formula is C20H23NO4S. The molecule has 0 spiro atoms. The van der Waals surface area contributed by atoms with Crippen molar-refractivity contribution in [1.29, 1.82) is 0 Å². The van der Waals surface area contributed by atoms with Crippen molar-refractivity contribution in [3.8, 4) is 0 Å². The van der Waals surface area contributed by atoms with E-state index < -0.39 is 12.1 Å². The van der Waals surface area contributed by atoms with Crippen LogP contribution in [-0.4, -0.2) is 28.6 Å². The Labute approximate surface area is 156 Å². The number of ether oxygens (including phenoxy) is 1. The van der Waals surface area contributed by atoms with Crippen LogP contribution in [0.15, 0.2) is 5.38 Å². The van der Waals surface area contributed by atoms with Gasteiger partial charge in [-0.1, -0.05) is 0 Å². The predicted molar refractivity (Wildman–Crippen MR) is 100 cm³/mol. The number of Topliss-reactive ketones (excluding diaryl/α,β-unsaturated/α-hetero) is 2. The maximum Gasteiger partial charge on any atom is 0.339 e. The van der Waals surface area contributed by atoms with Crippen LogP contribution in [0.2, 0.25) is 0 Å². The number of aryl methyl sites for hydroxylation is 2. The third kappa shape index (κ3) is 3.26. The second kappa shape index (κ2) is 7.19. The molecule has 3 rings (SSSR count). The number of thiophene rings is 1. The molecule has 1 atom stereocenters. The lowest BCUT2D eigenvalue weighted by Gasteiger charge is -2.15. The van der Waals surface area contributed by atoms with Crippen LogP contribution in [0.4, 0.5) is 0 Å². The summed E-state index contributed by atoms with van der Waals surface area (Å²) in [5.74, 6) is -0.863. The molecule has 26 heavy (non-hydrogen) atoms. The van der Waals surface area contributed by atoms with Gasteiger partial charge in [-0.05, 0) is 64.5 Å². The molecule has 2 aromatic heterocycles. The van der Waals surface area contributed by atoms with Crippen molar-refractivity contribution < 1.29 is 19.1 Å². The zero-order valence-electron chi connectivity index (χ0n) is 15.5. The number of hydrogen-bond donors (Lipinski definition) is 1. The SMILES string of the molecule is CC(=O)c1c(C)[nH]c(C(=O)[C@H](C)OC(=O)c2csc3c2CCCC3)c1C. The summed E-state index contributed by atoms with van der Waals surface area (Å²) in [6, 6.07) is 0. The van der Waals surface area contributed by atoms with E-state index in [0.29, 0.717) is 28.1 Å². The van der Waals surface area contributed by atoms with Crippen LogP contribution in [-0.2, 0) is 17.6 Å². The van der Waals surface area contributed by atoms with E-state index in [4.69, 9.17) is 4.74 Å². The van der Waals surface area contributed by atoms with E-state index >= 15 is 0 Å². The lowest BCUT2D eigenvalue weighted by molar-refractivity contribution is 0.0316. The number of rotatable bonds is 5. The number of aromatic amines is 1. The van der Waals surface area contributed by atoms with Crippen LogP contribution in [0.1, 0.15) is 79.6 Å². The Bertz CT molecular complexity index is 890. The van der Waals surface area contributed by atoms with E-state index in [1.165, 1.54) is 11.8 Å². The molecule has 1 N–H and O–H groups in total. The quantitative estimate of drug-likeness (QED) is 0.629. The molecule has 0 saturated heterocycles. The number of esters is 1. The number of nitrogens with one attached hydrogen (secondary N) is 1. The molecule has 0 radical (unpaired) electrons. The largest absolute Gasteiger partial charge is 0.451 e. The molecule has 0 aliphatic heterocycles. The van der Waals surface area contributed by atoms with Gasteiger partial charge in [0.2, 0.25) is 5.78 Å². The second-order valence-electron chi connectivity index (χ2n) is 6.85. The Morgan fingerprint density at radius 1 is 1.19 bits per heavy atom. The fourth-order valence-corrected chi connectivity index (χ4v) is 4.79. The van der Waals surface area contributed by atoms with Gasteiger partial charge in [0.15, 0.2) is 11.9 Å². The van der Waals surface area contributed by atoms with E-state index in [0.717, 1.165) is 31.2 Å². The zero-order valence-corrected chi connectivity index (χ0v) is 16.3. The van der Waals surface area contributed by atoms with E-state index in [2.05, 4.69) is 4.98 Å². The minimum atomic E-state index is -0.918. The molecule has 1 aliphatic carbocycles. The first-order chi connectivity index (χ1) is 12.3. The Kier molecular flexibility index (Phi) is 5.14. The maximum atomic E-state index is 12.7. The summed E-state index contributed by atoms with van der Waals surface area (Å²) in [6.45, 7) is 6.54. The van der Waals surface area contributed by atoms with Gasteiger partial charge in [0.05, 0.1) is 11.3 Å². The first kappa shape index (κ1) is 18.6. The minimum absolute atomic E-state index is 0.0927. The molecule has 2 heterocycles. The highest BCUT2D eigenvalue weighted by Gasteiger charge is 2.28. The summed E-state index contributed by atoms with van der Waals surface area (Å²) in [5.41, 5.74) is 3.79. The minimum Gasteiger partial charge on any atom is -0.451 e. The lowest BCUT2D eigenvalue weighted by atomic mass is 9.96. The fourth-order valence-electron chi connectivity index (χ4n) is 3.67. The number of ketones is 2. The fraction of sp³-hybridized carbons (Fsp3) is 0.450. The van der Waals surface area contributed by atoms with Crippen LogP contribution in [0.25, 0.3) is 0 Å². The third-order valence-corrected chi connectivity index (χ3v) is 6.06. The van der Waals surface area contributed by atoms with Crippen LogP contribution in [0.5, 0.6) is 0 Å². The molecular weight excluding hydrogens is 350 g/mol. The molecule has 6 heteroatoms. The Hall–Kier alpha value is -2.21. The van der Waals surface area contributed by atoms with Crippen molar-refractivity contribution in [3.05, 3.63) is 43.9 Å².